The summed E-state index contributed by atoms with van der Waals surface area (Å²) in [7, 11) is -2.50. The second-order valence-corrected chi connectivity index (χ2v) is 9.30. The van der Waals surface area contributed by atoms with Gasteiger partial charge in [-0.1, -0.05) is 60.2 Å². The molecule has 0 saturated carbocycles. The van der Waals surface area contributed by atoms with E-state index in [1.807, 2.05) is 19.1 Å². The van der Waals surface area contributed by atoms with E-state index in [0.717, 1.165) is 17.1 Å². The lowest BCUT2D eigenvalue weighted by Crippen LogP contribution is -2.41. The highest BCUT2D eigenvalue weighted by Crippen LogP contribution is 2.32. The lowest BCUT2D eigenvalue weighted by atomic mass is 10.1. The molecule has 0 bridgehead atoms. The van der Waals surface area contributed by atoms with Crippen LogP contribution in [-0.4, -0.2) is 34.5 Å². The molecule has 3 rings (SSSR count). The fourth-order valence-corrected chi connectivity index (χ4v) is 4.88. The first kappa shape index (κ1) is 23.3. The van der Waals surface area contributed by atoms with Crippen LogP contribution >= 0.6 is 0 Å². The Morgan fingerprint density at radius 2 is 1.69 bits per heavy atom. The Morgan fingerprint density at radius 3 is 2.41 bits per heavy atom. The van der Waals surface area contributed by atoms with Gasteiger partial charge in [-0.3, -0.25) is 9.10 Å². The normalized spacial score (nSPS) is 11.1. The number of carbonyl (C=O) groups is 1. The third kappa shape index (κ3) is 5.88. The van der Waals surface area contributed by atoms with Crippen molar-refractivity contribution in [1.29, 1.82) is 0 Å². The third-order valence-corrected chi connectivity index (χ3v) is 6.79. The van der Waals surface area contributed by atoms with Gasteiger partial charge in [0.1, 0.15) is 12.3 Å². The van der Waals surface area contributed by atoms with Crippen molar-refractivity contribution in [2.45, 2.75) is 24.7 Å². The molecule has 0 heterocycles. The summed E-state index contributed by atoms with van der Waals surface area (Å²) in [5.74, 6) is -0.00101. The number of hydrogen-bond donors (Lipinski definition) is 1. The van der Waals surface area contributed by atoms with Gasteiger partial charge in [0, 0.05) is 6.54 Å². The van der Waals surface area contributed by atoms with Crippen LogP contribution in [0, 0.1) is 6.92 Å². The van der Waals surface area contributed by atoms with E-state index in [0.29, 0.717) is 18.0 Å². The summed E-state index contributed by atoms with van der Waals surface area (Å²) < 4.78 is 33.2. The molecule has 0 aliphatic rings. The summed E-state index contributed by atoms with van der Waals surface area (Å²) in [5.41, 5.74) is 2.72. The third-order valence-electron chi connectivity index (χ3n) is 5.02. The number of hydrogen-bond acceptors (Lipinski definition) is 4. The average Bonchev–Trinajstić information content (AvgIpc) is 2.81. The molecule has 3 aromatic carbocycles. The number of anilines is 1. The maximum Gasteiger partial charge on any atom is 0.264 e. The standard InChI is InChI=1S/C25H28N2O4S/c1-20-10-8-11-21(18-20)12-9-17-26-25(28)19-27(23-15-6-7-16-24(23)31-2)32(29,30)22-13-4-3-5-14-22/h3-8,10-11,13-16,18H,9,12,17,19H2,1-2H3,(H,26,28). The largest absolute Gasteiger partial charge is 0.495 e. The molecule has 1 amide bonds. The predicted molar refractivity (Wildman–Crippen MR) is 126 cm³/mol. The highest BCUT2D eigenvalue weighted by Gasteiger charge is 2.29. The molecule has 1 N–H and O–H groups in total. The number of rotatable bonds is 10. The minimum Gasteiger partial charge on any atom is -0.495 e. The number of para-hydroxylation sites is 2. The zero-order valence-electron chi connectivity index (χ0n) is 18.3. The van der Waals surface area contributed by atoms with Crippen LogP contribution in [0.25, 0.3) is 0 Å². The van der Waals surface area contributed by atoms with Crippen LogP contribution in [0.4, 0.5) is 5.69 Å². The van der Waals surface area contributed by atoms with Gasteiger partial charge in [0.05, 0.1) is 17.7 Å². The summed E-state index contributed by atoms with van der Waals surface area (Å²) in [6.07, 6.45) is 1.59. The van der Waals surface area contributed by atoms with Crippen molar-refractivity contribution < 1.29 is 17.9 Å². The van der Waals surface area contributed by atoms with Crippen LogP contribution < -0.4 is 14.4 Å². The Hall–Kier alpha value is -3.32. The Kier molecular flexibility index (Phi) is 7.89. The lowest BCUT2D eigenvalue weighted by Gasteiger charge is -2.25. The number of methoxy groups -OCH3 is 1. The Bertz CT molecular complexity index is 1150. The van der Waals surface area contributed by atoms with Gasteiger partial charge in [-0.25, -0.2) is 8.42 Å². The first-order valence-electron chi connectivity index (χ1n) is 10.4. The maximum absolute atomic E-state index is 13.4. The van der Waals surface area contributed by atoms with Crippen molar-refractivity contribution in [2.75, 3.05) is 24.5 Å². The minimum atomic E-state index is -3.97. The highest BCUT2D eigenvalue weighted by atomic mass is 32.2. The van der Waals surface area contributed by atoms with E-state index in [1.165, 1.54) is 30.4 Å². The van der Waals surface area contributed by atoms with Gasteiger partial charge in [0.15, 0.2) is 0 Å². The van der Waals surface area contributed by atoms with Crippen LogP contribution in [0.5, 0.6) is 5.75 Å². The van der Waals surface area contributed by atoms with Crippen LogP contribution in [0.15, 0.2) is 83.8 Å². The molecule has 168 valence electrons. The molecule has 6 nitrogen and oxygen atoms in total. The van der Waals surface area contributed by atoms with Gasteiger partial charge in [-0.15, -0.1) is 0 Å². The van der Waals surface area contributed by atoms with Gasteiger partial charge < -0.3 is 10.1 Å². The monoisotopic (exact) mass is 452 g/mol. The summed E-state index contributed by atoms with van der Waals surface area (Å²) in [4.78, 5) is 12.8. The molecule has 0 unspecified atom stereocenters. The van der Waals surface area contributed by atoms with Crippen LogP contribution in [-0.2, 0) is 21.2 Å². The highest BCUT2D eigenvalue weighted by molar-refractivity contribution is 7.92. The molecule has 32 heavy (non-hydrogen) atoms. The molecular formula is C25H28N2O4S. The maximum atomic E-state index is 13.4. The molecule has 0 radical (unpaired) electrons. The topological polar surface area (TPSA) is 75.7 Å². The van der Waals surface area contributed by atoms with Crippen molar-refractivity contribution in [3.8, 4) is 5.75 Å². The van der Waals surface area contributed by atoms with Gasteiger partial charge in [0.25, 0.3) is 10.0 Å². The molecule has 0 spiro atoms. The van der Waals surface area contributed by atoms with E-state index in [1.54, 1.807) is 42.5 Å². The number of sulfonamides is 1. The predicted octanol–water partition coefficient (Wildman–Crippen LogP) is 3.95. The molecule has 0 fully saturated rings. The molecular weight excluding hydrogens is 424 g/mol. The smallest absolute Gasteiger partial charge is 0.264 e. The van der Waals surface area contributed by atoms with Gasteiger partial charge in [-0.2, -0.15) is 0 Å². The van der Waals surface area contributed by atoms with E-state index >= 15 is 0 Å². The Labute approximate surface area is 189 Å². The van der Waals surface area contributed by atoms with E-state index < -0.39 is 10.0 Å². The fourth-order valence-electron chi connectivity index (χ4n) is 3.43. The molecule has 0 aliphatic carbocycles. The quantitative estimate of drug-likeness (QED) is 0.473. The number of carbonyl (C=O) groups excluding carboxylic acids is 1. The summed E-state index contributed by atoms with van der Waals surface area (Å²) in [6, 6.07) is 23.1. The summed E-state index contributed by atoms with van der Waals surface area (Å²) in [5, 5.41) is 2.84. The molecule has 0 aliphatic heterocycles. The van der Waals surface area contributed by atoms with Gasteiger partial charge >= 0.3 is 0 Å². The first-order chi connectivity index (χ1) is 15.4. The zero-order valence-corrected chi connectivity index (χ0v) is 19.1. The van der Waals surface area contributed by atoms with Crippen molar-refractivity contribution >= 4 is 21.6 Å². The SMILES string of the molecule is COc1ccccc1N(CC(=O)NCCCc1cccc(C)c1)S(=O)(=O)c1ccccc1. The Morgan fingerprint density at radius 1 is 0.969 bits per heavy atom. The van der Waals surface area contributed by atoms with Crippen molar-refractivity contribution in [2.24, 2.45) is 0 Å². The zero-order chi connectivity index (χ0) is 23.0. The molecule has 3 aromatic rings. The van der Waals surface area contributed by atoms with Crippen LogP contribution in [0.2, 0.25) is 0 Å². The van der Waals surface area contributed by atoms with Crippen molar-refractivity contribution in [3.63, 3.8) is 0 Å². The van der Waals surface area contributed by atoms with E-state index in [-0.39, 0.29) is 17.3 Å². The second kappa shape index (κ2) is 10.8. The number of amides is 1. The van der Waals surface area contributed by atoms with Gasteiger partial charge in [-0.05, 0) is 49.6 Å². The Balaban J connectivity index is 1.73. The van der Waals surface area contributed by atoms with E-state index in [4.69, 9.17) is 4.74 Å². The van der Waals surface area contributed by atoms with Crippen LogP contribution in [0.3, 0.4) is 0 Å². The van der Waals surface area contributed by atoms with Gasteiger partial charge in [0.2, 0.25) is 5.91 Å². The minimum absolute atomic E-state index is 0.109. The molecule has 0 atom stereocenters. The molecule has 0 saturated heterocycles. The number of nitrogens with one attached hydrogen (secondary N) is 1. The fraction of sp³-hybridized carbons (Fsp3) is 0.240. The average molecular weight is 453 g/mol. The van der Waals surface area contributed by atoms with E-state index in [9.17, 15) is 13.2 Å². The van der Waals surface area contributed by atoms with Crippen molar-refractivity contribution in [1.82, 2.24) is 5.32 Å². The first-order valence-corrected chi connectivity index (χ1v) is 11.9. The number of ether oxygens (including phenoxy) is 1. The number of aryl methyl sites for hydroxylation is 2. The number of nitrogens with zero attached hydrogens (tertiary/aromatic N) is 1. The number of benzene rings is 3. The van der Waals surface area contributed by atoms with Crippen LogP contribution in [0.1, 0.15) is 17.5 Å². The molecule has 0 aromatic heterocycles. The lowest BCUT2D eigenvalue weighted by molar-refractivity contribution is -0.119. The molecule has 7 heteroatoms. The second-order valence-electron chi connectivity index (χ2n) is 7.44. The van der Waals surface area contributed by atoms with Crippen molar-refractivity contribution in [3.05, 3.63) is 90.0 Å². The van der Waals surface area contributed by atoms with E-state index in [2.05, 4.69) is 17.4 Å². The summed E-state index contributed by atoms with van der Waals surface area (Å²) in [6.45, 7) is 2.16. The summed E-state index contributed by atoms with van der Waals surface area (Å²) >= 11 is 0.